The van der Waals surface area contributed by atoms with Gasteiger partial charge < -0.3 is 10.2 Å². The Kier molecular flexibility index (Phi) is 5.45. The second kappa shape index (κ2) is 7.49. The van der Waals surface area contributed by atoms with Crippen LogP contribution in [0.15, 0.2) is 30.3 Å². The quantitative estimate of drug-likeness (QED) is 0.707. The molecule has 0 aliphatic heterocycles. The Morgan fingerprint density at radius 1 is 1.19 bits per heavy atom. The molecule has 0 saturated carbocycles. The molecular formula is C21H29ClN5+. The van der Waals surface area contributed by atoms with E-state index in [0.29, 0.717) is 5.02 Å². The molecule has 144 valence electrons. The number of rotatable bonds is 5. The number of nitrogens with zero attached hydrogens (tertiary/aromatic N) is 3. The molecule has 0 fully saturated rings. The Morgan fingerprint density at radius 2 is 1.89 bits per heavy atom. The monoisotopic (exact) mass is 386 g/mol. The number of fused-ring (bicyclic) bond motifs is 1. The molecule has 0 amide bonds. The molecule has 0 spiro atoms. The van der Waals surface area contributed by atoms with Gasteiger partial charge in [-0.2, -0.15) is 9.61 Å². The molecule has 2 aromatic heterocycles. The normalized spacial score (nSPS) is 12.1. The Morgan fingerprint density at radius 3 is 2.52 bits per heavy atom. The fourth-order valence-corrected chi connectivity index (χ4v) is 3.28. The number of nitrogens with one attached hydrogen (secondary N) is 2. The summed E-state index contributed by atoms with van der Waals surface area (Å²) in [6.07, 6.45) is 0. The summed E-state index contributed by atoms with van der Waals surface area (Å²) in [4.78, 5) is 6.39. The molecule has 0 bridgehead atoms. The summed E-state index contributed by atoms with van der Waals surface area (Å²) >= 11 is 6.49. The molecule has 0 radical (unpaired) electrons. The van der Waals surface area contributed by atoms with Gasteiger partial charge in [-0.05, 0) is 13.0 Å². The van der Waals surface area contributed by atoms with E-state index in [1.807, 2.05) is 35.7 Å². The van der Waals surface area contributed by atoms with Crippen LogP contribution < -0.4 is 10.2 Å². The van der Waals surface area contributed by atoms with Gasteiger partial charge in [0.15, 0.2) is 5.65 Å². The number of benzene rings is 1. The molecule has 6 heteroatoms. The molecule has 3 aromatic rings. The number of likely N-dealkylation sites (N-methyl/N-ethyl adjacent to an activating group) is 1. The van der Waals surface area contributed by atoms with Crippen molar-refractivity contribution in [3.8, 4) is 11.1 Å². The Hall–Kier alpha value is -2.11. The Bertz CT molecular complexity index is 953. The summed E-state index contributed by atoms with van der Waals surface area (Å²) < 4.78 is 1.91. The van der Waals surface area contributed by atoms with Crippen LogP contribution in [0.25, 0.3) is 16.8 Å². The molecule has 0 atom stereocenters. The number of quaternary nitrogens is 1. The predicted molar refractivity (Wildman–Crippen MR) is 113 cm³/mol. The average Bonchev–Trinajstić information content (AvgIpc) is 2.90. The fourth-order valence-electron chi connectivity index (χ4n) is 3.05. The molecule has 3 rings (SSSR count). The van der Waals surface area contributed by atoms with Gasteiger partial charge in [0, 0.05) is 22.1 Å². The van der Waals surface area contributed by atoms with Crippen LogP contribution in [0.2, 0.25) is 5.02 Å². The van der Waals surface area contributed by atoms with Crippen LogP contribution in [0, 0.1) is 6.92 Å². The molecule has 0 unspecified atom stereocenters. The maximum atomic E-state index is 6.49. The lowest BCUT2D eigenvalue weighted by molar-refractivity contribution is -0.856. The molecule has 0 aliphatic rings. The third kappa shape index (κ3) is 4.09. The lowest BCUT2D eigenvalue weighted by Crippen LogP contribution is -3.06. The van der Waals surface area contributed by atoms with Crippen molar-refractivity contribution in [2.45, 2.75) is 33.1 Å². The van der Waals surface area contributed by atoms with Crippen LogP contribution in [0.4, 0.5) is 5.82 Å². The Balaban J connectivity index is 2.21. The van der Waals surface area contributed by atoms with Gasteiger partial charge in [0.25, 0.3) is 0 Å². The molecule has 1 aromatic carbocycles. The molecule has 0 aliphatic carbocycles. The number of halogens is 1. The van der Waals surface area contributed by atoms with Crippen LogP contribution in [0.5, 0.6) is 0 Å². The number of hydrogen-bond acceptors (Lipinski definition) is 3. The van der Waals surface area contributed by atoms with Crippen molar-refractivity contribution < 1.29 is 4.90 Å². The second-order valence-electron chi connectivity index (χ2n) is 8.34. The second-order valence-corrected chi connectivity index (χ2v) is 8.74. The van der Waals surface area contributed by atoms with Crippen LogP contribution >= 0.6 is 11.6 Å². The highest BCUT2D eigenvalue weighted by atomic mass is 35.5. The van der Waals surface area contributed by atoms with Gasteiger partial charge in [-0.25, -0.2) is 4.98 Å². The summed E-state index contributed by atoms with van der Waals surface area (Å²) in [5.74, 6) is 0.965. The maximum Gasteiger partial charge on any atom is 0.165 e. The minimum Gasteiger partial charge on any atom is -0.364 e. The highest BCUT2D eigenvalue weighted by Gasteiger charge is 2.23. The summed E-state index contributed by atoms with van der Waals surface area (Å²) in [5.41, 5.74) is 4.68. The largest absolute Gasteiger partial charge is 0.364 e. The third-order valence-corrected chi connectivity index (χ3v) is 4.94. The highest BCUT2D eigenvalue weighted by Crippen LogP contribution is 2.35. The van der Waals surface area contributed by atoms with Gasteiger partial charge in [0.05, 0.1) is 44.1 Å². The SMILES string of the molecule is Cc1nn2c(NCC[NH+](C)C)cc(C(C)(C)C)nc2c1-c1ccccc1Cl. The molecule has 5 nitrogen and oxygen atoms in total. The zero-order valence-corrected chi connectivity index (χ0v) is 17.8. The zero-order chi connectivity index (χ0) is 19.8. The van der Waals surface area contributed by atoms with Gasteiger partial charge in [0.2, 0.25) is 0 Å². The van der Waals surface area contributed by atoms with Crippen molar-refractivity contribution in [3.63, 3.8) is 0 Å². The van der Waals surface area contributed by atoms with E-state index in [2.05, 4.69) is 46.2 Å². The fraction of sp³-hybridized carbons (Fsp3) is 0.429. The lowest BCUT2D eigenvalue weighted by Gasteiger charge is -2.20. The molecule has 0 saturated heterocycles. The lowest BCUT2D eigenvalue weighted by atomic mass is 9.92. The van der Waals surface area contributed by atoms with Crippen molar-refractivity contribution >= 4 is 23.1 Å². The van der Waals surface area contributed by atoms with E-state index in [1.54, 1.807) is 0 Å². The van der Waals surface area contributed by atoms with E-state index in [-0.39, 0.29) is 5.41 Å². The topological polar surface area (TPSA) is 46.7 Å². The van der Waals surface area contributed by atoms with E-state index in [4.69, 9.17) is 21.7 Å². The van der Waals surface area contributed by atoms with E-state index < -0.39 is 0 Å². The highest BCUT2D eigenvalue weighted by molar-refractivity contribution is 6.33. The van der Waals surface area contributed by atoms with Crippen molar-refractivity contribution in [3.05, 3.63) is 46.7 Å². The van der Waals surface area contributed by atoms with Crippen molar-refractivity contribution in [2.75, 3.05) is 32.5 Å². The maximum absolute atomic E-state index is 6.49. The molecule has 2 N–H and O–H groups in total. The first kappa shape index (κ1) is 19.6. The van der Waals surface area contributed by atoms with Gasteiger partial charge in [-0.1, -0.05) is 50.6 Å². The van der Waals surface area contributed by atoms with E-state index >= 15 is 0 Å². The number of hydrogen-bond donors (Lipinski definition) is 2. The van der Waals surface area contributed by atoms with Crippen molar-refractivity contribution in [2.24, 2.45) is 0 Å². The standard InChI is InChI=1S/C21H28ClN5/c1-14-19(15-9-7-8-10-16(15)22)20-24-17(21(2,3)4)13-18(27(20)25-14)23-11-12-26(5)6/h7-10,13,23H,11-12H2,1-6H3/p+1. The molecular weight excluding hydrogens is 358 g/mol. The van der Waals surface area contributed by atoms with Gasteiger partial charge in [-0.15, -0.1) is 0 Å². The molecule has 2 heterocycles. The van der Waals surface area contributed by atoms with Crippen LogP contribution in [-0.4, -0.2) is 41.8 Å². The van der Waals surface area contributed by atoms with Gasteiger partial charge in [0.1, 0.15) is 5.82 Å². The first-order chi connectivity index (χ1) is 12.7. The van der Waals surface area contributed by atoms with Crippen LogP contribution in [-0.2, 0) is 5.41 Å². The van der Waals surface area contributed by atoms with E-state index in [9.17, 15) is 0 Å². The summed E-state index contributed by atoms with van der Waals surface area (Å²) in [6, 6.07) is 9.99. The van der Waals surface area contributed by atoms with Crippen LogP contribution in [0.1, 0.15) is 32.2 Å². The summed E-state index contributed by atoms with van der Waals surface area (Å²) in [6.45, 7) is 10.4. The average molecular weight is 387 g/mol. The summed E-state index contributed by atoms with van der Waals surface area (Å²) in [5, 5.41) is 9.03. The number of aryl methyl sites for hydroxylation is 1. The van der Waals surface area contributed by atoms with Crippen molar-refractivity contribution in [1.29, 1.82) is 0 Å². The van der Waals surface area contributed by atoms with Crippen molar-refractivity contribution in [1.82, 2.24) is 14.6 Å². The van der Waals surface area contributed by atoms with Crippen LogP contribution in [0.3, 0.4) is 0 Å². The molecule has 27 heavy (non-hydrogen) atoms. The minimum atomic E-state index is -0.0685. The predicted octanol–water partition coefficient (Wildman–Crippen LogP) is 3.21. The summed E-state index contributed by atoms with van der Waals surface area (Å²) in [7, 11) is 4.30. The van der Waals surface area contributed by atoms with E-state index in [1.165, 1.54) is 4.90 Å². The van der Waals surface area contributed by atoms with Gasteiger partial charge >= 0.3 is 0 Å². The third-order valence-electron chi connectivity index (χ3n) is 4.61. The van der Waals surface area contributed by atoms with E-state index in [0.717, 1.165) is 47.1 Å². The zero-order valence-electron chi connectivity index (χ0n) is 17.0. The smallest absolute Gasteiger partial charge is 0.165 e. The Labute approximate surface area is 166 Å². The number of anilines is 1. The number of aromatic nitrogens is 3. The minimum absolute atomic E-state index is 0.0685. The first-order valence-corrected chi connectivity index (χ1v) is 9.75. The first-order valence-electron chi connectivity index (χ1n) is 9.37. The van der Waals surface area contributed by atoms with Gasteiger partial charge in [-0.3, -0.25) is 0 Å².